The van der Waals surface area contributed by atoms with E-state index in [-0.39, 0.29) is 11.6 Å². The van der Waals surface area contributed by atoms with Crippen LogP contribution in [0, 0.1) is 5.82 Å². The van der Waals surface area contributed by atoms with Crippen molar-refractivity contribution in [2.75, 3.05) is 0 Å². The summed E-state index contributed by atoms with van der Waals surface area (Å²) in [5.41, 5.74) is 1.97. The van der Waals surface area contributed by atoms with Crippen molar-refractivity contribution >= 4 is 16.7 Å². The average Bonchev–Trinajstić information content (AvgIpc) is 2.56. The van der Waals surface area contributed by atoms with Crippen LogP contribution in [0.5, 0.6) is 0 Å². The van der Waals surface area contributed by atoms with E-state index in [0.29, 0.717) is 13.0 Å². The Kier molecular flexibility index (Phi) is 1.69. The van der Waals surface area contributed by atoms with Gasteiger partial charge in [-0.3, -0.25) is 4.79 Å². The van der Waals surface area contributed by atoms with E-state index in [1.807, 2.05) is 10.6 Å². The van der Waals surface area contributed by atoms with E-state index in [4.69, 9.17) is 0 Å². The molecule has 1 aliphatic rings. The number of fused-ring (bicyclic) bond motifs is 3. The summed E-state index contributed by atoms with van der Waals surface area (Å²) < 4.78 is 15.0. The highest BCUT2D eigenvalue weighted by atomic mass is 19.1. The van der Waals surface area contributed by atoms with Crippen LogP contribution in [0.1, 0.15) is 12.1 Å². The molecule has 1 aromatic carbocycles. The summed E-state index contributed by atoms with van der Waals surface area (Å²) in [5, 5.41) is 1.01. The van der Waals surface area contributed by atoms with Gasteiger partial charge in [-0.25, -0.2) is 4.39 Å². The highest BCUT2D eigenvalue weighted by Gasteiger charge is 2.17. The van der Waals surface area contributed by atoms with Gasteiger partial charge >= 0.3 is 0 Å². The molecule has 0 unspecified atom stereocenters. The monoisotopic (exact) mass is 203 g/mol. The van der Waals surface area contributed by atoms with Crippen molar-refractivity contribution in [3.05, 3.63) is 35.8 Å². The molecule has 76 valence electrons. The minimum Gasteiger partial charge on any atom is -0.337 e. The van der Waals surface area contributed by atoms with E-state index < -0.39 is 0 Å². The lowest BCUT2D eigenvalue weighted by Crippen LogP contribution is -2.18. The van der Waals surface area contributed by atoms with Crippen molar-refractivity contribution in [2.24, 2.45) is 0 Å². The van der Waals surface area contributed by atoms with Crippen LogP contribution in [-0.2, 0) is 17.8 Å². The summed E-state index contributed by atoms with van der Waals surface area (Å²) in [5.74, 6) is -0.0225. The summed E-state index contributed by atoms with van der Waals surface area (Å²) in [6.45, 7) is 0.391. The van der Waals surface area contributed by atoms with E-state index in [9.17, 15) is 9.18 Å². The molecule has 2 heterocycles. The fourth-order valence-electron chi connectivity index (χ4n) is 2.20. The van der Waals surface area contributed by atoms with Gasteiger partial charge in [0.25, 0.3) is 0 Å². The Morgan fingerprint density at radius 3 is 2.93 bits per heavy atom. The lowest BCUT2D eigenvalue weighted by atomic mass is 10.1. The number of nitrogens with zero attached hydrogens (tertiary/aromatic N) is 1. The summed E-state index contributed by atoms with van der Waals surface area (Å²) in [7, 11) is 0. The first-order chi connectivity index (χ1) is 7.24. The van der Waals surface area contributed by atoms with Gasteiger partial charge in [0.15, 0.2) is 5.78 Å². The lowest BCUT2D eigenvalue weighted by Gasteiger charge is -2.14. The first kappa shape index (κ1) is 8.65. The highest BCUT2D eigenvalue weighted by Crippen LogP contribution is 2.24. The molecule has 0 fully saturated rings. The van der Waals surface area contributed by atoms with Crippen LogP contribution < -0.4 is 0 Å². The Bertz CT molecular complexity index is 556. The SMILES string of the molecule is O=C1CCc2cc3ccc(F)cc3n2C1. The Balaban J connectivity index is 2.30. The van der Waals surface area contributed by atoms with Gasteiger partial charge < -0.3 is 4.57 Å². The minimum atomic E-state index is -0.249. The largest absolute Gasteiger partial charge is 0.337 e. The van der Waals surface area contributed by atoms with Gasteiger partial charge in [0.1, 0.15) is 5.82 Å². The molecule has 0 radical (unpaired) electrons. The molecule has 1 aromatic heterocycles. The lowest BCUT2D eigenvalue weighted by molar-refractivity contribution is -0.120. The van der Waals surface area contributed by atoms with E-state index in [1.54, 1.807) is 6.07 Å². The number of hydrogen-bond acceptors (Lipinski definition) is 1. The maximum Gasteiger partial charge on any atom is 0.152 e. The van der Waals surface area contributed by atoms with Crippen LogP contribution in [-0.4, -0.2) is 10.4 Å². The maximum absolute atomic E-state index is 13.1. The van der Waals surface area contributed by atoms with Gasteiger partial charge in [-0.2, -0.15) is 0 Å². The maximum atomic E-state index is 13.1. The minimum absolute atomic E-state index is 0.226. The molecule has 0 amide bonds. The van der Waals surface area contributed by atoms with Gasteiger partial charge in [0.05, 0.1) is 12.1 Å². The fourth-order valence-corrected chi connectivity index (χ4v) is 2.20. The van der Waals surface area contributed by atoms with Crippen LogP contribution in [0.3, 0.4) is 0 Å². The summed E-state index contributed by atoms with van der Waals surface area (Å²) in [6.07, 6.45) is 1.38. The molecule has 1 aliphatic heterocycles. The second-order valence-corrected chi connectivity index (χ2v) is 3.96. The number of carbonyl (C=O) groups is 1. The molecule has 3 rings (SSSR count). The fraction of sp³-hybridized carbons (Fsp3) is 0.250. The average molecular weight is 203 g/mol. The zero-order valence-electron chi connectivity index (χ0n) is 8.16. The van der Waals surface area contributed by atoms with Crippen molar-refractivity contribution in [1.29, 1.82) is 0 Å². The van der Waals surface area contributed by atoms with E-state index in [1.165, 1.54) is 12.1 Å². The normalized spacial score (nSPS) is 15.7. The van der Waals surface area contributed by atoms with E-state index in [2.05, 4.69) is 0 Å². The zero-order chi connectivity index (χ0) is 10.4. The molecular weight excluding hydrogens is 193 g/mol. The van der Waals surface area contributed by atoms with Crippen molar-refractivity contribution in [3.63, 3.8) is 0 Å². The Morgan fingerprint density at radius 2 is 2.07 bits per heavy atom. The van der Waals surface area contributed by atoms with Crippen LogP contribution in [0.4, 0.5) is 4.39 Å². The number of halogens is 1. The quantitative estimate of drug-likeness (QED) is 0.644. The number of Topliss-reactive ketones (excluding diaryl/α,β-unsaturated/α-hetero) is 1. The molecular formula is C12H10FNO. The van der Waals surface area contributed by atoms with Gasteiger partial charge in [0, 0.05) is 17.5 Å². The molecule has 0 spiro atoms. The smallest absolute Gasteiger partial charge is 0.152 e. The number of ketones is 1. The predicted octanol–water partition coefficient (Wildman–Crippen LogP) is 2.30. The second kappa shape index (κ2) is 2.92. The van der Waals surface area contributed by atoms with Crippen molar-refractivity contribution in [2.45, 2.75) is 19.4 Å². The van der Waals surface area contributed by atoms with Crippen molar-refractivity contribution < 1.29 is 9.18 Å². The highest BCUT2D eigenvalue weighted by molar-refractivity contribution is 5.87. The number of aromatic nitrogens is 1. The Labute approximate surface area is 86.3 Å². The third-order valence-corrected chi connectivity index (χ3v) is 2.95. The molecule has 2 nitrogen and oxygen atoms in total. The number of hydrogen-bond donors (Lipinski definition) is 0. The van der Waals surface area contributed by atoms with Crippen LogP contribution in [0.25, 0.3) is 10.9 Å². The number of carbonyl (C=O) groups excluding carboxylic acids is 1. The van der Waals surface area contributed by atoms with Crippen molar-refractivity contribution in [3.8, 4) is 0 Å². The molecule has 0 N–H and O–H groups in total. The molecule has 3 heteroatoms. The Hall–Kier alpha value is -1.64. The van der Waals surface area contributed by atoms with Crippen LogP contribution >= 0.6 is 0 Å². The third-order valence-electron chi connectivity index (χ3n) is 2.95. The predicted molar refractivity (Wildman–Crippen MR) is 55.2 cm³/mol. The molecule has 15 heavy (non-hydrogen) atoms. The van der Waals surface area contributed by atoms with Crippen LogP contribution in [0.15, 0.2) is 24.3 Å². The van der Waals surface area contributed by atoms with E-state index >= 15 is 0 Å². The number of aryl methyl sites for hydroxylation is 1. The van der Waals surface area contributed by atoms with Gasteiger partial charge in [-0.1, -0.05) is 0 Å². The molecule has 0 saturated carbocycles. The zero-order valence-corrected chi connectivity index (χ0v) is 8.16. The van der Waals surface area contributed by atoms with Crippen molar-refractivity contribution in [1.82, 2.24) is 4.57 Å². The topological polar surface area (TPSA) is 22.0 Å². The number of rotatable bonds is 0. The summed E-state index contributed by atoms with van der Waals surface area (Å²) in [6, 6.07) is 6.76. The first-order valence-electron chi connectivity index (χ1n) is 5.03. The molecule has 0 aliphatic carbocycles. The number of benzene rings is 1. The first-order valence-corrected chi connectivity index (χ1v) is 5.03. The second-order valence-electron chi connectivity index (χ2n) is 3.96. The molecule has 2 aromatic rings. The Morgan fingerprint density at radius 1 is 1.20 bits per heavy atom. The molecule has 0 bridgehead atoms. The molecule has 0 saturated heterocycles. The summed E-state index contributed by atoms with van der Waals surface area (Å²) >= 11 is 0. The van der Waals surface area contributed by atoms with Gasteiger partial charge in [-0.15, -0.1) is 0 Å². The van der Waals surface area contributed by atoms with Gasteiger partial charge in [0.2, 0.25) is 0 Å². The van der Waals surface area contributed by atoms with E-state index in [0.717, 1.165) is 23.0 Å². The third kappa shape index (κ3) is 1.27. The van der Waals surface area contributed by atoms with Crippen LogP contribution in [0.2, 0.25) is 0 Å². The standard InChI is InChI=1S/C12H10FNO/c13-9-2-1-8-5-10-3-4-11(15)7-14(10)12(8)6-9/h1-2,5-6H,3-4,7H2. The van der Waals surface area contributed by atoms with Gasteiger partial charge in [-0.05, 0) is 30.7 Å². The summed E-state index contributed by atoms with van der Waals surface area (Å²) in [4.78, 5) is 11.3. The molecule has 0 atom stereocenters.